The van der Waals surface area contributed by atoms with E-state index in [1.807, 2.05) is 37.4 Å². The molecule has 0 radical (unpaired) electrons. The summed E-state index contributed by atoms with van der Waals surface area (Å²) in [5.74, 6) is -0.0652. The second-order valence-corrected chi connectivity index (χ2v) is 15.4. The van der Waals surface area contributed by atoms with Crippen molar-refractivity contribution in [1.82, 2.24) is 19.0 Å². The summed E-state index contributed by atoms with van der Waals surface area (Å²) in [7, 11) is -0.592. The fourth-order valence-electron chi connectivity index (χ4n) is 4.22. The molecule has 4 aromatic rings. The van der Waals surface area contributed by atoms with Crippen LogP contribution in [-0.4, -0.2) is 45.1 Å². The number of aryl methyl sites for hydroxylation is 1. The van der Waals surface area contributed by atoms with Gasteiger partial charge in [0.15, 0.2) is 13.9 Å². The fraction of sp³-hybridized carbons (Fsp3) is 0.423. The molecule has 0 aliphatic heterocycles. The van der Waals surface area contributed by atoms with Crippen LogP contribution in [0.1, 0.15) is 32.5 Å². The Balaban J connectivity index is 1.53. The monoisotopic (exact) mass is 528 g/mol. The Labute approximate surface area is 216 Å². The number of benzene rings is 2. The maximum Gasteiger partial charge on any atom is 0.420 e. The molecule has 0 aliphatic carbocycles. The zero-order chi connectivity index (χ0) is 26.3. The molecule has 1 N–H and O–H groups in total. The molecule has 10 heteroatoms. The first-order valence-corrected chi connectivity index (χ1v) is 15.4. The second-order valence-electron chi connectivity index (χ2n) is 10.5. The lowest BCUT2D eigenvalue weighted by Crippen LogP contribution is -2.39. The minimum atomic E-state index is -2.30. The highest BCUT2D eigenvalue weighted by molar-refractivity contribution is 6.72. The van der Waals surface area contributed by atoms with Gasteiger partial charge in [0.2, 0.25) is 5.91 Å². The van der Waals surface area contributed by atoms with Gasteiger partial charge in [-0.05, 0) is 61.3 Å². The van der Waals surface area contributed by atoms with E-state index in [0.717, 1.165) is 36.2 Å². The molecule has 0 unspecified atom stereocenters. The maximum absolute atomic E-state index is 13.1. The van der Waals surface area contributed by atoms with E-state index in [4.69, 9.17) is 21.0 Å². The molecule has 0 fully saturated rings. The van der Waals surface area contributed by atoms with E-state index in [1.165, 1.54) is 4.57 Å². The first-order chi connectivity index (χ1) is 16.9. The number of fused-ring (bicyclic) bond motifs is 2. The topological polar surface area (TPSA) is 93.5 Å². The van der Waals surface area contributed by atoms with Gasteiger partial charge in [-0.1, -0.05) is 37.6 Å². The van der Waals surface area contributed by atoms with Crippen LogP contribution in [0, 0.1) is 0 Å². The van der Waals surface area contributed by atoms with Gasteiger partial charge in [0.1, 0.15) is 12.4 Å². The lowest BCUT2D eigenvalue weighted by atomic mass is 10.1. The zero-order valence-electron chi connectivity index (χ0n) is 21.4. The van der Waals surface area contributed by atoms with Crippen LogP contribution in [0.2, 0.25) is 23.2 Å². The summed E-state index contributed by atoms with van der Waals surface area (Å²) in [5, 5.41) is 0.349. The zero-order valence-corrected chi connectivity index (χ0v) is 23.2. The van der Waals surface area contributed by atoms with E-state index in [1.54, 1.807) is 30.1 Å². The highest BCUT2D eigenvalue weighted by Crippen LogP contribution is 2.40. The molecule has 0 saturated carbocycles. The molecule has 2 aromatic carbocycles. The summed E-state index contributed by atoms with van der Waals surface area (Å²) in [4.78, 5) is 42.5. The van der Waals surface area contributed by atoms with E-state index in [2.05, 4.69) is 18.4 Å². The molecular formula is C26H33ClN4O4Si. The van der Waals surface area contributed by atoms with E-state index >= 15 is 0 Å². The van der Waals surface area contributed by atoms with Crippen LogP contribution in [0.15, 0.2) is 51.7 Å². The SMILES string of the molecule is CN(Cc1nc2ccccc2n1CCCC(C)(C)[Si](C)(C)O)C(=O)Cn1c(=O)oc2ccc(Cl)cc21. The Morgan fingerprint density at radius 3 is 2.61 bits per heavy atom. The third-order valence-corrected chi connectivity index (χ3v) is 11.1. The Bertz CT molecular complexity index is 1460. The van der Waals surface area contributed by atoms with Gasteiger partial charge < -0.3 is 18.7 Å². The fourth-order valence-corrected chi connectivity index (χ4v) is 5.18. The third-order valence-electron chi connectivity index (χ3n) is 7.30. The molecule has 0 saturated heterocycles. The van der Waals surface area contributed by atoms with Crippen molar-refractivity contribution in [1.29, 1.82) is 0 Å². The largest absolute Gasteiger partial charge is 0.432 e. The average molecular weight is 529 g/mol. The Hall–Kier alpha value is -2.88. The second kappa shape index (κ2) is 9.88. The molecule has 0 atom stereocenters. The van der Waals surface area contributed by atoms with Gasteiger partial charge in [-0.2, -0.15) is 0 Å². The Morgan fingerprint density at radius 1 is 1.17 bits per heavy atom. The third kappa shape index (κ3) is 5.28. The van der Waals surface area contributed by atoms with Gasteiger partial charge in [-0.3, -0.25) is 9.36 Å². The maximum atomic E-state index is 13.1. The highest BCUT2D eigenvalue weighted by atomic mass is 35.5. The number of aromatic nitrogens is 3. The van der Waals surface area contributed by atoms with Gasteiger partial charge in [0, 0.05) is 18.6 Å². The smallest absolute Gasteiger partial charge is 0.420 e. The van der Waals surface area contributed by atoms with Crippen molar-refractivity contribution in [2.75, 3.05) is 7.05 Å². The molecule has 2 aromatic heterocycles. The number of rotatable bonds is 9. The van der Waals surface area contributed by atoms with Crippen molar-refractivity contribution in [3.8, 4) is 0 Å². The van der Waals surface area contributed by atoms with Gasteiger partial charge in [0.05, 0.1) is 23.1 Å². The summed E-state index contributed by atoms with van der Waals surface area (Å²) in [6, 6.07) is 12.8. The first kappa shape index (κ1) is 26.2. The predicted molar refractivity (Wildman–Crippen MR) is 145 cm³/mol. The first-order valence-electron chi connectivity index (χ1n) is 12.1. The van der Waals surface area contributed by atoms with Crippen molar-refractivity contribution in [3.05, 3.63) is 63.9 Å². The number of carbonyl (C=O) groups excluding carboxylic acids is 1. The number of amides is 1. The molecular weight excluding hydrogens is 496 g/mol. The van der Waals surface area contributed by atoms with E-state index in [9.17, 15) is 14.4 Å². The van der Waals surface area contributed by atoms with Crippen LogP contribution in [0.5, 0.6) is 0 Å². The van der Waals surface area contributed by atoms with Crippen molar-refractivity contribution in [2.24, 2.45) is 0 Å². The van der Waals surface area contributed by atoms with Crippen LogP contribution >= 0.6 is 11.6 Å². The summed E-state index contributed by atoms with van der Waals surface area (Å²) in [6.45, 7) is 9.09. The molecule has 2 heterocycles. The number of para-hydroxylation sites is 2. The molecule has 0 aliphatic rings. The molecule has 8 nitrogen and oxygen atoms in total. The predicted octanol–water partition coefficient (Wildman–Crippen LogP) is 5.01. The van der Waals surface area contributed by atoms with Gasteiger partial charge in [-0.25, -0.2) is 9.78 Å². The minimum Gasteiger partial charge on any atom is -0.432 e. The molecule has 1 amide bonds. The number of hydrogen-bond donors (Lipinski definition) is 1. The summed E-state index contributed by atoms with van der Waals surface area (Å²) in [5.41, 5.74) is 2.76. The van der Waals surface area contributed by atoms with Crippen LogP contribution in [-0.2, 0) is 24.4 Å². The van der Waals surface area contributed by atoms with Crippen LogP contribution in [0.4, 0.5) is 0 Å². The van der Waals surface area contributed by atoms with Gasteiger partial charge >= 0.3 is 5.76 Å². The van der Waals surface area contributed by atoms with Crippen LogP contribution in [0.3, 0.4) is 0 Å². The number of carbonyl (C=O) groups is 1. The van der Waals surface area contributed by atoms with Crippen molar-refractivity contribution in [3.63, 3.8) is 0 Å². The van der Waals surface area contributed by atoms with E-state index in [-0.39, 0.29) is 17.5 Å². The molecule has 36 heavy (non-hydrogen) atoms. The van der Waals surface area contributed by atoms with E-state index in [0.29, 0.717) is 22.7 Å². The molecule has 192 valence electrons. The quantitative estimate of drug-likeness (QED) is 0.308. The molecule has 4 rings (SSSR count). The lowest BCUT2D eigenvalue weighted by Gasteiger charge is -2.35. The summed E-state index contributed by atoms with van der Waals surface area (Å²) in [6.07, 6.45) is 1.77. The summed E-state index contributed by atoms with van der Waals surface area (Å²) >= 11 is 6.08. The number of likely N-dealkylation sites (N-methyl/N-ethyl adjacent to an activating group) is 1. The van der Waals surface area contributed by atoms with Crippen molar-refractivity contribution in [2.45, 2.75) is 64.5 Å². The average Bonchev–Trinajstić information content (AvgIpc) is 3.29. The number of halogens is 1. The van der Waals surface area contributed by atoms with Crippen molar-refractivity contribution >= 4 is 48.0 Å². The Kier molecular flexibility index (Phi) is 7.18. The molecule has 0 bridgehead atoms. The van der Waals surface area contributed by atoms with Crippen LogP contribution < -0.4 is 5.76 Å². The Morgan fingerprint density at radius 2 is 1.89 bits per heavy atom. The number of oxazole rings is 1. The van der Waals surface area contributed by atoms with Crippen molar-refractivity contribution < 1.29 is 14.0 Å². The molecule has 0 spiro atoms. The number of nitrogens with zero attached hydrogens (tertiary/aromatic N) is 4. The summed E-state index contributed by atoms with van der Waals surface area (Å²) < 4.78 is 8.70. The number of hydrogen-bond acceptors (Lipinski definition) is 5. The normalized spacial score (nSPS) is 12.5. The van der Waals surface area contributed by atoms with Gasteiger partial charge in [0.25, 0.3) is 0 Å². The minimum absolute atomic E-state index is 0.111. The lowest BCUT2D eigenvalue weighted by molar-refractivity contribution is -0.131. The van der Waals surface area contributed by atoms with Gasteiger partial charge in [-0.15, -0.1) is 0 Å². The highest BCUT2D eigenvalue weighted by Gasteiger charge is 2.37. The van der Waals surface area contributed by atoms with E-state index < -0.39 is 14.1 Å². The number of imidazole rings is 1. The van der Waals surface area contributed by atoms with Crippen LogP contribution in [0.25, 0.3) is 22.1 Å². The standard InChI is InChI=1S/C26H33ClN4O4Si/c1-26(2,36(4,5)34)13-8-14-30-20-10-7-6-9-19(20)28-23(30)16-29(3)24(32)17-31-21-15-18(27)11-12-22(21)35-25(31)33/h6-7,9-12,15,34H,8,13-14,16-17H2,1-5H3.